The molecule has 2 aliphatic rings. The molecule has 1 aromatic heterocycles. The fourth-order valence-electron chi connectivity index (χ4n) is 2.90. The van der Waals surface area contributed by atoms with Gasteiger partial charge in [-0.05, 0) is 30.4 Å². The number of aliphatic imine (C=N–C) groups is 1. The van der Waals surface area contributed by atoms with E-state index < -0.39 is 0 Å². The van der Waals surface area contributed by atoms with E-state index >= 15 is 0 Å². The highest BCUT2D eigenvalue weighted by molar-refractivity contribution is 6.35. The summed E-state index contributed by atoms with van der Waals surface area (Å²) in [7, 11) is 0. The number of halogens is 1. The van der Waals surface area contributed by atoms with Crippen LogP contribution in [-0.4, -0.2) is 23.5 Å². The van der Waals surface area contributed by atoms with Crippen LogP contribution in [0.1, 0.15) is 24.3 Å². The van der Waals surface area contributed by atoms with Gasteiger partial charge in [-0.3, -0.25) is 4.99 Å². The predicted octanol–water partition coefficient (Wildman–Crippen LogP) is 3.17. The molecule has 4 heteroatoms. The molecule has 0 spiro atoms. The first-order valence-corrected chi connectivity index (χ1v) is 7.25. The molecule has 0 saturated heterocycles. The molecule has 4 rings (SSSR count). The van der Waals surface area contributed by atoms with Gasteiger partial charge in [0.1, 0.15) is 5.84 Å². The Morgan fingerprint density at radius 1 is 1.37 bits per heavy atom. The van der Waals surface area contributed by atoms with Gasteiger partial charge in [0.05, 0.1) is 23.6 Å². The number of nitrogens with zero attached hydrogens (tertiary/aromatic N) is 2. The fourth-order valence-corrected chi connectivity index (χ4v) is 3.18. The lowest BCUT2D eigenvalue weighted by molar-refractivity contribution is 0.856. The van der Waals surface area contributed by atoms with Gasteiger partial charge < -0.3 is 9.88 Å². The second-order valence-electron chi connectivity index (χ2n) is 5.38. The number of amidine groups is 1. The second kappa shape index (κ2) is 4.27. The standard InChI is InChI=1S/C15H16ClN3/c16-13-3-1-2-11-12(10-4-5-10)8-19(15(11)13)9-14-17-6-7-18-14/h1-3,8,10H,4-7,9H2,(H,17,18). The first kappa shape index (κ1) is 11.4. The van der Waals surface area contributed by atoms with Gasteiger partial charge in [-0.1, -0.05) is 23.7 Å². The van der Waals surface area contributed by atoms with Gasteiger partial charge in [-0.25, -0.2) is 0 Å². The average molecular weight is 274 g/mol. The van der Waals surface area contributed by atoms with Crippen LogP contribution in [0, 0.1) is 0 Å². The maximum absolute atomic E-state index is 6.40. The Hall–Kier alpha value is -1.48. The number of benzene rings is 1. The number of para-hydroxylation sites is 1. The lowest BCUT2D eigenvalue weighted by atomic mass is 10.1. The monoisotopic (exact) mass is 273 g/mol. The van der Waals surface area contributed by atoms with Crippen LogP contribution in [0.4, 0.5) is 0 Å². The lowest BCUT2D eigenvalue weighted by Crippen LogP contribution is -2.23. The average Bonchev–Trinajstić information content (AvgIpc) is 2.99. The van der Waals surface area contributed by atoms with Crippen molar-refractivity contribution in [3.63, 3.8) is 0 Å². The Balaban J connectivity index is 1.84. The van der Waals surface area contributed by atoms with Crippen molar-refractivity contribution in [3.8, 4) is 0 Å². The molecule has 0 unspecified atom stereocenters. The number of nitrogens with one attached hydrogen (secondary N) is 1. The van der Waals surface area contributed by atoms with Crippen molar-refractivity contribution in [2.24, 2.45) is 4.99 Å². The van der Waals surface area contributed by atoms with Crippen molar-refractivity contribution >= 4 is 28.3 Å². The van der Waals surface area contributed by atoms with Gasteiger partial charge in [0, 0.05) is 18.1 Å². The third-order valence-corrected chi connectivity index (χ3v) is 4.27. The zero-order valence-corrected chi connectivity index (χ0v) is 11.5. The molecule has 1 saturated carbocycles. The summed E-state index contributed by atoms with van der Waals surface area (Å²) >= 11 is 6.40. The summed E-state index contributed by atoms with van der Waals surface area (Å²) in [6, 6.07) is 6.21. The molecule has 0 radical (unpaired) electrons. The van der Waals surface area contributed by atoms with E-state index in [1.54, 1.807) is 0 Å². The van der Waals surface area contributed by atoms with Crippen molar-refractivity contribution in [3.05, 3.63) is 35.0 Å². The number of rotatable bonds is 3. The van der Waals surface area contributed by atoms with Crippen molar-refractivity contribution in [2.45, 2.75) is 25.3 Å². The zero-order chi connectivity index (χ0) is 12.8. The SMILES string of the molecule is Clc1cccc2c(C3CC3)cn(CC3=NCCN3)c12. The predicted molar refractivity (Wildman–Crippen MR) is 79.2 cm³/mol. The maximum Gasteiger partial charge on any atom is 0.117 e. The molecule has 1 aliphatic carbocycles. The number of aromatic nitrogens is 1. The van der Waals surface area contributed by atoms with E-state index in [9.17, 15) is 0 Å². The summed E-state index contributed by atoms with van der Waals surface area (Å²) in [5.41, 5.74) is 2.61. The number of hydrogen-bond donors (Lipinski definition) is 1. The number of hydrogen-bond acceptors (Lipinski definition) is 2. The highest BCUT2D eigenvalue weighted by Crippen LogP contribution is 2.44. The van der Waals surface area contributed by atoms with E-state index in [0.717, 1.165) is 41.9 Å². The molecule has 2 aromatic rings. The Morgan fingerprint density at radius 2 is 2.26 bits per heavy atom. The van der Waals surface area contributed by atoms with Crippen molar-refractivity contribution in [1.29, 1.82) is 0 Å². The van der Waals surface area contributed by atoms with Gasteiger partial charge in [-0.2, -0.15) is 0 Å². The topological polar surface area (TPSA) is 29.3 Å². The Kier molecular flexibility index (Phi) is 2.55. The van der Waals surface area contributed by atoms with Gasteiger partial charge in [0.25, 0.3) is 0 Å². The summed E-state index contributed by atoms with van der Waals surface area (Å²) < 4.78 is 2.25. The van der Waals surface area contributed by atoms with E-state index in [-0.39, 0.29) is 0 Å². The molecule has 19 heavy (non-hydrogen) atoms. The smallest absolute Gasteiger partial charge is 0.117 e. The molecule has 1 fully saturated rings. The second-order valence-corrected chi connectivity index (χ2v) is 5.79. The van der Waals surface area contributed by atoms with Gasteiger partial charge in [-0.15, -0.1) is 0 Å². The minimum absolute atomic E-state index is 0.737. The molecule has 1 aromatic carbocycles. The molecule has 0 atom stereocenters. The molecule has 1 N–H and O–H groups in total. The first-order chi connectivity index (χ1) is 9.33. The summed E-state index contributed by atoms with van der Waals surface area (Å²) in [6.07, 6.45) is 4.90. The van der Waals surface area contributed by atoms with Crippen molar-refractivity contribution < 1.29 is 0 Å². The molecule has 0 bridgehead atoms. The largest absolute Gasteiger partial charge is 0.370 e. The van der Waals surface area contributed by atoms with E-state index in [1.807, 2.05) is 12.1 Å². The molecule has 3 nitrogen and oxygen atoms in total. The Morgan fingerprint density at radius 3 is 3.00 bits per heavy atom. The number of fused-ring (bicyclic) bond motifs is 1. The minimum atomic E-state index is 0.737. The van der Waals surface area contributed by atoms with Gasteiger partial charge in [0.2, 0.25) is 0 Å². The highest BCUT2D eigenvalue weighted by atomic mass is 35.5. The quantitative estimate of drug-likeness (QED) is 0.914. The summed E-state index contributed by atoms with van der Waals surface area (Å²) in [5, 5.41) is 5.48. The third-order valence-electron chi connectivity index (χ3n) is 3.96. The molecule has 1 aliphatic heterocycles. The minimum Gasteiger partial charge on any atom is -0.370 e. The van der Waals surface area contributed by atoms with Crippen LogP contribution in [-0.2, 0) is 6.54 Å². The maximum atomic E-state index is 6.40. The van der Waals surface area contributed by atoms with Crippen molar-refractivity contribution in [2.75, 3.05) is 13.1 Å². The molecule has 98 valence electrons. The van der Waals surface area contributed by atoms with E-state index in [0.29, 0.717) is 0 Å². The van der Waals surface area contributed by atoms with Gasteiger partial charge >= 0.3 is 0 Å². The summed E-state index contributed by atoms with van der Waals surface area (Å²) in [4.78, 5) is 4.48. The van der Waals surface area contributed by atoms with E-state index in [4.69, 9.17) is 11.6 Å². The van der Waals surface area contributed by atoms with Crippen LogP contribution in [0.5, 0.6) is 0 Å². The Bertz CT molecular complexity index is 667. The highest BCUT2D eigenvalue weighted by Gasteiger charge is 2.28. The van der Waals surface area contributed by atoms with Crippen LogP contribution >= 0.6 is 11.6 Å². The normalized spacial score (nSPS) is 18.7. The molecular formula is C15H16ClN3. The van der Waals surface area contributed by atoms with Gasteiger partial charge in [0.15, 0.2) is 0 Å². The zero-order valence-electron chi connectivity index (χ0n) is 10.7. The Labute approximate surface area is 117 Å². The van der Waals surface area contributed by atoms with E-state index in [2.05, 4.69) is 27.1 Å². The van der Waals surface area contributed by atoms with Crippen LogP contribution in [0.25, 0.3) is 10.9 Å². The molecule has 2 heterocycles. The summed E-state index contributed by atoms with van der Waals surface area (Å²) in [5.74, 6) is 1.81. The third kappa shape index (κ3) is 1.93. The van der Waals surface area contributed by atoms with Crippen LogP contribution in [0.15, 0.2) is 29.4 Å². The van der Waals surface area contributed by atoms with Crippen LogP contribution in [0.3, 0.4) is 0 Å². The molecule has 0 amide bonds. The molecular weight excluding hydrogens is 258 g/mol. The fraction of sp³-hybridized carbons (Fsp3) is 0.400. The van der Waals surface area contributed by atoms with Crippen LogP contribution in [0.2, 0.25) is 5.02 Å². The van der Waals surface area contributed by atoms with Crippen molar-refractivity contribution in [1.82, 2.24) is 9.88 Å². The van der Waals surface area contributed by atoms with Crippen LogP contribution < -0.4 is 5.32 Å². The lowest BCUT2D eigenvalue weighted by Gasteiger charge is -2.07. The summed E-state index contributed by atoms with van der Waals surface area (Å²) in [6.45, 7) is 2.64. The first-order valence-electron chi connectivity index (χ1n) is 6.87. The van der Waals surface area contributed by atoms with E-state index in [1.165, 1.54) is 23.8 Å².